The summed E-state index contributed by atoms with van der Waals surface area (Å²) in [5.74, 6) is 0. The van der Waals surface area contributed by atoms with Gasteiger partial charge in [0.1, 0.15) is 0 Å². The fourth-order valence-electron chi connectivity index (χ4n) is 1.31. The van der Waals surface area contributed by atoms with Gasteiger partial charge in [-0.25, -0.2) is 4.89 Å². The van der Waals surface area contributed by atoms with Gasteiger partial charge in [0.15, 0.2) is 6.10 Å². The second-order valence-corrected chi connectivity index (χ2v) is 5.09. The first-order valence-electron chi connectivity index (χ1n) is 6.26. The average molecular weight is 266 g/mol. The molecule has 0 saturated heterocycles. The van der Waals surface area contributed by atoms with Gasteiger partial charge in [-0.15, -0.1) is 0 Å². The van der Waals surface area contributed by atoms with E-state index in [0.717, 1.165) is 17.5 Å². The predicted molar refractivity (Wildman–Crippen MR) is 75.7 cm³/mol. The molecule has 0 aliphatic heterocycles. The average Bonchev–Trinajstić information content (AvgIpc) is 2.40. The molecule has 0 fully saturated rings. The third kappa shape index (κ3) is 5.25. The molecule has 18 heavy (non-hydrogen) atoms. The third-order valence-electron chi connectivity index (χ3n) is 2.54. The highest BCUT2D eigenvalue weighted by molar-refractivity contribution is 8.13. The first-order valence-corrected chi connectivity index (χ1v) is 7.07. The van der Waals surface area contributed by atoms with Crippen molar-refractivity contribution in [1.82, 2.24) is 0 Å². The van der Waals surface area contributed by atoms with Crippen molar-refractivity contribution in [2.45, 2.75) is 44.4 Å². The second-order valence-electron chi connectivity index (χ2n) is 4.01. The van der Waals surface area contributed by atoms with Gasteiger partial charge in [-0.2, -0.15) is 0 Å². The number of rotatable bonds is 7. The van der Waals surface area contributed by atoms with Crippen LogP contribution in [0.15, 0.2) is 35.2 Å². The van der Waals surface area contributed by atoms with E-state index >= 15 is 0 Å². The second kappa shape index (κ2) is 8.35. The molecule has 3 nitrogen and oxygen atoms in total. The molecule has 0 aliphatic rings. The first-order chi connectivity index (χ1) is 8.67. The number of benzene rings is 1. The van der Waals surface area contributed by atoms with E-state index in [2.05, 4.69) is 0 Å². The van der Waals surface area contributed by atoms with Crippen molar-refractivity contribution in [3.8, 4) is 0 Å². The highest BCUT2D eigenvalue weighted by Gasteiger charge is 2.19. The van der Waals surface area contributed by atoms with Gasteiger partial charge in [-0.1, -0.05) is 32.0 Å². The molecule has 1 aromatic rings. The largest absolute Gasteiger partial charge is 0.339 e. The highest BCUT2D eigenvalue weighted by atomic mass is 32.2. The maximum absolute atomic E-state index is 11.9. The molecule has 98 valence electrons. The molecular formula is C13H19BO3S. The highest BCUT2D eigenvalue weighted by Crippen LogP contribution is 2.20. The Morgan fingerprint density at radius 1 is 1.28 bits per heavy atom. The molecule has 0 N–H and O–H groups in total. The molecule has 0 aromatic heterocycles. The Balaban J connectivity index is 2.37. The van der Waals surface area contributed by atoms with E-state index < -0.39 is 6.10 Å². The van der Waals surface area contributed by atoms with Crippen LogP contribution in [0.1, 0.15) is 20.8 Å². The van der Waals surface area contributed by atoms with Crippen molar-refractivity contribution in [2.75, 3.05) is 0 Å². The van der Waals surface area contributed by atoms with E-state index in [1.54, 1.807) is 6.92 Å². The van der Waals surface area contributed by atoms with Crippen LogP contribution in [0.3, 0.4) is 0 Å². The van der Waals surface area contributed by atoms with Crippen LogP contribution < -0.4 is 0 Å². The summed E-state index contributed by atoms with van der Waals surface area (Å²) in [5.41, 5.74) is 0. The lowest BCUT2D eigenvalue weighted by molar-refractivity contribution is -0.238. The van der Waals surface area contributed by atoms with Crippen LogP contribution in [0.25, 0.3) is 0 Å². The molecule has 1 unspecified atom stereocenters. The van der Waals surface area contributed by atoms with Gasteiger partial charge < -0.3 is 4.81 Å². The molecule has 5 heteroatoms. The number of thioether (sulfide) groups is 1. The Morgan fingerprint density at radius 3 is 2.44 bits per heavy atom. The molecule has 0 aliphatic carbocycles. The van der Waals surface area contributed by atoms with E-state index in [9.17, 15) is 4.79 Å². The van der Waals surface area contributed by atoms with Crippen molar-refractivity contribution in [1.29, 1.82) is 0 Å². The number of hydrogen-bond donors (Lipinski definition) is 0. The maximum Gasteiger partial charge on any atom is 0.339 e. The summed E-state index contributed by atoms with van der Waals surface area (Å²) in [4.78, 5) is 23.2. The molecule has 0 heterocycles. The fourth-order valence-corrected chi connectivity index (χ4v) is 2.04. The van der Waals surface area contributed by atoms with Crippen molar-refractivity contribution >= 4 is 23.8 Å². The molecule has 0 saturated carbocycles. The van der Waals surface area contributed by atoms with Crippen molar-refractivity contribution in [2.24, 2.45) is 0 Å². The minimum absolute atomic E-state index is 0.0489. The minimum Gasteiger partial charge on any atom is -0.304 e. The zero-order valence-corrected chi connectivity index (χ0v) is 11.9. The summed E-state index contributed by atoms with van der Waals surface area (Å²) in [6.07, 6.45) is 1.20. The molecule has 0 radical (unpaired) electrons. The Labute approximate surface area is 113 Å². The molecule has 1 rings (SSSR count). The van der Waals surface area contributed by atoms with Crippen LogP contribution in [-0.4, -0.2) is 18.1 Å². The predicted octanol–water partition coefficient (Wildman–Crippen LogP) is 3.67. The molecule has 0 bridgehead atoms. The van der Waals surface area contributed by atoms with Gasteiger partial charge in [0.25, 0.3) is 0 Å². The lowest BCUT2D eigenvalue weighted by atomic mass is 9.63. The summed E-state index contributed by atoms with van der Waals surface area (Å²) in [6.45, 7) is 5.83. The number of carbonyl (C=O) groups excluding carboxylic acids is 1. The van der Waals surface area contributed by atoms with Gasteiger partial charge >= 0.3 is 6.92 Å². The van der Waals surface area contributed by atoms with Gasteiger partial charge in [-0.3, -0.25) is 4.79 Å². The van der Waals surface area contributed by atoms with Crippen LogP contribution in [0.4, 0.5) is 0 Å². The van der Waals surface area contributed by atoms with Gasteiger partial charge in [0.2, 0.25) is 5.12 Å². The van der Waals surface area contributed by atoms with Crippen LogP contribution in [0, 0.1) is 0 Å². The van der Waals surface area contributed by atoms with Crippen molar-refractivity contribution in [3.05, 3.63) is 30.3 Å². The Kier molecular flexibility index (Phi) is 7.09. The van der Waals surface area contributed by atoms with E-state index in [-0.39, 0.29) is 12.0 Å². The summed E-state index contributed by atoms with van der Waals surface area (Å²) in [6, 6.07) is 9.53. The smallest absolute Gasteiger partial charge is 0.304 e. The van der Waals surface area contributed by atoms with Gasteiger partial charge in [0.05, 0.1) is 0 Å². The van der Waals surface area contributed by atoms with E-state index in [0.29, 0.717) is 0 Å². The Morgan fingerprint density at radius 2 is 1.89 bits per heavy atom. The monoisotopic (exact) mass is 266 g/mol. The number of carbonyl (C=O) groups is 1. The minimum atomic E-state index is -0.559. The van der Waals surface area contributed by atoms with Crippen LogP contribution in [0.2, 0.25) is 12.6 Å². The molecule has 0 spiro atoms. The van der Waals surface area contributed by atoms with Crippen LogP contribution in [0.5, 0.6) is 0 Å². The van der Waals surface area contributed by atoms with Gasteiger partial charge in [0, 0.05) is 4.90 Å². The number of hydrogen-bond acceptors (Lipinski definition) is 4. The fraction of sp³-hybridized carbons (Fsp3) is 0.462. The van der Waals surface area contributed by atoms with Crippen LogP contribution in [-0.2, 0) is 14.5 Å². The zero-order chi connectivity index (χ0) is 13.4. The summed E-state index contributed by atoms with van der Waals surface area (Å²) in [7, 11) is 0. The van der Waals surface area contributed by atoms with E-state index in [1.165, 1.54) is 11.8 Å². The Hall–Kier alpha value is -0.775. The summed E-state index contributed by atoms with van der Waals surface area (Å²) in [5, 5.41) is -0.0489. The first kappa shape index (κ1) is 15.3. The van der Waals surface area contributed by atoms with Crippen molar-refractivity contribution in [3.63, 3.8) is 0 Å². The lowest BCUT2D eigenvalue weighted by Crippen LogP contribution is -2.24. The zero-order valence-electron chi connectivity index (χ0n) is 11.1. The van der Waals surface area contributed by atoms with Crippen molar-refractivity contribution < 1.29 is 14.5 Å². The third-order valence-corrected chi connectivity index (χ3v) is 3.58. The SMILES string of the molecule is CCB(CC)OOC(C)C(=O)Sc1ccccc1. The van der Waals surface area contributed by atoms with Crippen LogP contribution >= 0.6 is 11.8 Å². The van der Waals surface area contributed by atoms with E-state index in [4.69, 9.17) is 9.69 Å². The topological polar surface area (TPSA) is 35.5 Å². The summed E-state index contributed by atoms with van der Waals surface area (Å²) >= 11 is 1.17. The normalized spacial score (nSPS) is 12.2. The van der Waals surface area contributed by atoms with E-state index in [1.807, 2.05) is 44.2 Å². The lowest BCUT2D eigenvalue weighted by Gasteiger charge is -2.14. The molecule has 0 amide bonds. The summed E-state index contributed by atoms with van der Waals surface area (Å²) < 4.78 is 0. The van der Waals surface area contributed by atoms with Gasteiger partial charge in [-0.05, 0) is 43.5 Å². The Bertz CT molecular complexity index is 355. The maximum atomic E-state index is 11.9. The standard InChI is InChI=1S/C13H19BO3S/c1-4-14(5-2)17-16-11(3)13(15)18-12-9-7-6-8-10-12/h6-11H,4-5H2,1-3H3. The molecular weight excluding hydrogens is 247 g/mol. The molecule has 1 aromatic carbocycles. The molecule has 1 atom stereocenters. The quantitative estimate of drug-likeness (QED) is 0.326.